The van der Waals surface area contributed by atoms with E-state index in [2.05, 4.69) is 60.7 Å². The molecule has 109 valence electrons. The van der Waals surface area contributed by atoms with Crippen LogP contribution in [-0.4, -0.2) is 8.80 Å². The summed E-state index contributed by atoms with van der Waals surface area (Å²) in [6.45, 7) is 18.8. The summed E-state index contributed by atoms with van der Waals surface area (Å²) in [4.78, 5) is 0. The largest absolute Gasteiger partial charge is 3.00 e. The third kappa shape index (κ3) is 6.20. The first-order valence-electron chi connectivity index (χ1n) is 6.40. The molecule has 0 spiro atoms. The van der Waals surface area contributed by atoms with Gasteiger partial charge in [0.05, 0.1) is 0 Å². The Morgan fingerprint density at radius 1 is 0.895 bits per heavy atom. The van der Waals surface area contributed by atoms with E-state index in [0.29, 0.717) is 0 Å². The van der Waals surface area contributed by atoms with Crippen LogP contribution in [0.25, 0.3) is 0 Å². The van der Waals surface area contributed by atoms with E-state index in [0.717, 1.165) is 6.42 Å². The van der Waals surface area contributed by atoms with Crippen molar-refractivity contribution in [3.63, 3.8) is 0 Å². The summed E-state index contributed by atoms with van der Waals surface area (Å²) in [7, 11) is -0.695. The maximum atomic E-state index is 3.66. The summed E-state index contributed by atoms with van der Waals surface area (Å²) < 4.78 is 0. The Morgan fingerprint density at radius 3 is 1.58 bits per heavy atom. The molecule has 0 heterocycles. The normalized spacial score (nSPS) is 15.5. The molecule has 0 saturated carbocycles. The first-order chi connectivity index (χ1) is 7.05. The first-order valence-corrected chi connectivity index (χ1v) is 9.29. The van der Waals surface area contributed by atoms with E-state index in [1.165, 1.54) is 5.57 Å². The molecule has 0 amide bonds. The van der Waals surface area contributed by atoms with Crippen LogP contribution in [0.2, 0.25) is 13.1 Å². The Kier molecular flexibility index (Phi) is 11.3. The number of hydrogen-bond acceptors (Lipinski definition) is 0. The fraction of sp³-hybridized carbons (Fsp3) is 0.733. The van der Waals surface area contributed by atoms with Crippen molar-refractivity contribution in [3.8, 4) is 0 Å². The van der Waals surface area contributed by atoms with Gasteiger partial charge in [-0.25, -0.2) is 5.57 Å². The van der Waals surface area contributed by atoms with Gasteiger partial charge in [-0.2, -0.15) is 10.8 Å². The summed E-state index contributed by atoms with van der Waals surface area (Å²) in [5, 5.41) is 1.73. The van der Waals surface area contributed by atoms with Gasteiger partial charge >= 0.3 is 26.2 Å². The molecular weight excluding hydrogens is 370 g/mol. The predicted octanol–water partition coefficient (Wildman–Crippen LogP) is -1.46. The Morgan fingerprint density at radius 2 is 1.32 bits per heavy atom. The summed E-state index contributed by atoms with van der Waals surface area (Å²) in [5.74, 6) is 0. The van der Waals surface area contributed by atoms with E-state index >= 15 is 0 Å². The maximum Gasteiger partial charge on any atom is 3.00 e. The van der Waals surface area contributed by atoms with Crippen LogP contribution in [0.5, 0.6) is 0 Å². The Hall–Kier alpha value is 1.16. The summed E-state index contributed by atoms with van der Waals surface area (Å²) in [5.41, 5.74) is 3.63. The molecule has 1 rings (SSSR count). The van der Waals surface area contributed by atoms with Gasteiger partial charge in [0.1, 0.15) is 0 Å². The van der Waals surface area contributed by atoms with Crippen molar-refractivity contribution in [2.24, 2.45) is 10.8 Å². The molecule has 0 unspecified atom stereocenters. The average Bonchev–Trinajstić information content (AvgIpc) is 2.43. The van der Waals surface area contributed by atoms with Crippen LogP contribution >= 0.6 is 0 Å². The van der Waals surface area contributed by atoms with Crippen molar-refractivity contribution in [1.82, 2.24) is 0 Å². The maximum absolute atomic E-state index is 3.66. The molecule has 0 bridgehead atoms. The number of halogens is 2. The van der Waals surface area contributed by atoms with E-state index in [9.17, 15) is 0 Å². The van der Waals surface area contributed by atoms with Crippen molar-refractivity contribution in [2.45, 2.75) is 61.1 Å². The molecule has 0 aliphatic heterocycles. The second kappa shape index (κ2) is 8.57. The molecular formula is C15H27Cl2SiZr. The van der Waals surface area contributed by atoms with Crippen LogP contribution in [0.3, 0.4) is 0 Å². The summed E-state index contributed by atoms with van der Waals surface area (Å²) >= 11 is 0. The molecule has 1 radical (unpaired) electrons. The van der Waals surface area contributed by atoms with Gasteiger partial charge < -0.3 is 24.8 Å². The molecule has 0 fully saturated rings. The van der Waals surface area contributed by atoms with Gasteiger partial charge in [-0.05, 0) is 5.41 Å². The van der Waals surface area contributed by atoms with Crippen LogP contribution < -0.4 is 24.8 Å². The third-order valence-electron chi connectivity index (χ3n) is 3.22. The van der Waals surface area contributed by atoms with E-state index in [4.69, 9.17) is 0 Å². The zero-order chi connectivity index (χ0) is 12.7. The molecule has 0 atom stereocenters. The first kappa shape index (κ1) is 25.1. The predicted molar refractivity (Wildman–Crippen MR) is 76.2 cm³/mol. The summed E-state index contributed by atoms with van der Waals surface area (Å²) in [6, 6.07) is 0. The molecule has 0 N–H and O–H groups in total. The second-order valence-electron chi connectivity index (χ2n) is 7.28. The zero-order valence-electron chi connectivity index (χ0n) is 13.5. The molecule has 0 aromatic rings. The monoisotopic (exact) mass is 395 g/mol. The van der Waals surface area contributed by atoms with Gasteiger partial charge in [0, 0.05) is 8.80 Å². The van der Waals surface area contributed by atoms with Gasteiger partial charge in [-0.15, -0.1) is 6.42 Å². The van der Waals surface area contributed by atoms with Gasteiger partial charge in [0.2, 0.25) is 0 Å². The molecule has 0 aromatic carbocycles. The van der Waals surface area contributed by atoms with E-state index in [-0.39, 0.29) is 61.8 Å². The standard InChI is InChI=1S/C15H27Si.2ClH.Zr/c1-14(2,3)11-9-10-12(16(7)8)13(11)15(4,5)6;;;/h16H,10H2,1-8H3;2*1H;/q-1;;;+3/p-2. The smallest absolute Gasteiger partial charge is 1.00 e. The average molecular weight is 398 g/mol. The van der Waals surface area contributed by atoms with Crippen LogP contribution in [0.15, 0.2) is 16.3 Å². The second-order valence-corrected chi connectivity index (χ2v) is 10.3. The molecule has 0 saturated heterocycles. The van der Waals surface area contributed by atoms with Crippen molar-refractivity contribution in [1.29, 1.82) is 0 Å². The van der Waals surface area contributed by atoms with Crippen molar-refractivity contribution in [2.75, 3.05) is 0 Å². The molecule has 1 aliphatic rings. The SMILES string of the molecule is C[SiH](C)C1=C(C(C)(C)C)C(C(C)(C)C)=[C-]C1.[Cl-].[Cl-].[Zr+3]. The van der Waals surface area contributed by atoms with Crippen LogP contribution in [0.4, 0.5) is 0 Å². The molecule has 0 aromatic heterocycles. The number of rotatable bonds is 1. The van der Waals surface area contributed by atoms with Gasteiger partial charge in [0.25, 0.3) is 0 Å². The molecule has 19 heavy (non-hydrogen) atoms. The molecule has 4 heteroatoms. The fourth-order valence-corrected chi connectivity index (χ4v) is 4.18. The van der Waals surface area contributed by atoms with Crippen molar-refractivity contribution in [3.05, 3.63) is 22.4 Å². The Labute approximate surface area is 153 Å². The van der Waals surface area contributed by atoms with Crippen LogP contribution in [0.1, 0.15) is 48.0 Å². The number of allylic oxidation sites excluding steroid dienone is 4. The van der Waals surface area contributed by atoms with Crippen molar-refractivity contribution < 1.29 is 51.0 Å². The van der Waals surface area contributed by atoms with Gasteiger partial charge in [0.15, 0.2) is 0 Å². The van der Waals surface area contributed by atoms with Crippen LogP contribution in [0, 0.1) is 16.9 Å². The van der Waals surface area contributed by atoms with Gasteiger partial charge in [-0.1, -0.05) is 60.1 Å². The van der Waals surface area contributed by atoms with E-state index in [1.807, 2.05) is 0 Å². The van der Waals surface area contributed by atoms with Gasteiger partial charge in [-0.3, -0.25) is 6.08 Å². The molecule has 1 aliphatic carbocycles. The molecule has 0 nitrogen and oxygen atoms in total. The number of hydrogen-bond donors (Lipinski definition) is 0. The minimum atomic E-state index is -0.695. The van der Waals surface area contributed by atoms with Crippen molar-refractivity contribution >= 4 is 8.80 Å². The van der Waals surface area contributed by atoms with Crippen LogP contribution in [-0.2, 0) is 26.2 Å². The quantitative estimate of drug-likeness (QED) is 0.375. The Bertz CT molecular complexity index is 344. The fourth-order valence-electron chi connectivity index (χ4n) is 2.51. The minimum absolute atomic E-state index is 0. The topological polar surface area (TPSA) is 0 Å². The van der Waals surface area contributed by atoms with E-state index < -0.39 is 8.80 Å². The zero-order valence-corrected chi connectivity index (χ0v) is 18.7. The summed E-state index contributed by atoms with van der Waals surface area (Å²) in [6.07, 6.45) is 4.76. The van der Waals surface area contributed by atoms with E-state index in [1.54, 1.807) is 10.8 Å². The third-order valence-corrected chi connectivity index (χ3v) is 5.11. The minimum Gasteiger partial charge on any atom is -1.00 e. The Balaban J connectivity index is -0.000000853.